The number of fused-ring (bicyclic) bond motifs is 2. The van der Waals surface area contributed by atoms with Crippen molar-refractivity contribution < 1.29 is 4.79 Å². The van der Waals surface area contributed by atoms with Crippen LogP contribution in [0.1, 0.15) is 42.4 Å². The van der Waals surface area contributed by atoms with Crippen LogP contribution in [0.2, 0.25) is 0 Å². The lowest BCUT2D eigenvalue weighted by molar-refractivity contribution is -0.123. The zero-order valence-electron chi connectivity index (χ0n) is 12.2. The Hall–Kier alpha value is -1.06. The molecule has 2 unspecified atom stereocenters. The summed E-state index contributed by atoms with van der Waals surface area (Å²) in [5.41, 5.74) is 4.01. The molecule has 1 aliphatic heterocycles. The largest absolute Gasteiger partial charge is 0.352 e. The van der Waals surface area contributed by atoms with E-state index in [-0.39, 0.29) is 12.4 Å². The van der Waals surface area contributed by atoms with Crippen molar-refractivity contribution in [3.05, 3.63) is 34.9 Å². The smallest absolute Gasteiger partial charge is 0.223 e. The summed E-state index contributed by atoms with van der Waals surface area (Å²) >= 11 is 0. The number of carbonyl (C=O) groups is 1. The van der Waals surface area contributed by atoms with Gasteiger partial charge in [0.15, 0.2) is 0 Å². The van der Waals surface area contributed by atoms with Crippen LogP contribution in [0.5, 0.6) is 0 Å². The van der Waals surface area contributed by atoms with Gasteiger partial charge in [-0.1, -0.05) is 31.0 Å². The molecule has 1 amide bonds. The van der Waals surface area contributed by atoms with E-state index in [1.54, 1.807) is 0 Å². The van der Waals surface area contributed by atoms with Crippen LogP contribution in [0.25, 0.3) is 0 Å². The van der Waals surface area contributed by atoms with Crippen LogP contribution in [-0.2, 0) is 24.4 Å². The maximum Gasteiger partial charge on any atom is 0.223 e. The molecule has 1 aromatic rings. The molecule has 4 rings (SSSR count). The van der Waals surface area contributed by atoms with Crippen LogP contribution >= 0.6 is 12.4 Å². The maximum absolute atomic E-state index is 12.3. The molecule has 21 heavy (non-hydrogen) atoms. The van der Waals surface area contributed by atoms with Crippen LogP contribution < -0.4 is 10.6 Å². The first-order valence-electron chi connectivity index (χ1n) is 7.92. The molecule has 2 atom stereocenters. The first-order valence-corrected chi connectivity index (χ1v) is 7.92. The molecule has 0 spiro atoms. The molecule has 2 saturated carbocycles. The molecule has 1 heterocycles. The van der Waals surface area contributed by atoms with Gasteiger partial charge >= 0.3 is 0 Å². The van der Waals surface area contributed by atoms with E-state index in [0.29, 0.717) is 30.2 Å². The van der Waals surface area contributed by atoms with Gasteiger partial charge in [0.25, 0.3) is 0 Å². The second kappa shape index (κ2) is 5.98. The fourth-order valence-corrected chi connectivity index (χ4v) is 4.15. The summed E-state index contributed by atoms with van der Waals surface area (Å²) in [6.45, 7) is 2.62. The van der Waals surface area contributed by atoms with Gasteiger partial charge in [0.2, 0.25) is 5.91 Å². The van der Waals surface area contributed by atoms with Crippen molar-refractivity contribution in [3.63, 3.8) is 0 Å². The molecule has 2 fully saturated rings. The molecule has 114 valence electrons. The van der Waals surface area contributed by atoms with Crippen molar-refractivity contribution in [2.75, 3.05) is 0 Å². The summed E-state index contributed by atoms with van der Waals surface area (Å²) in [6.07, 6.45) is 5.19. The summed E-state index contributed by atoms with van der Waals surface area (Å²) in [5.74, 6) is 2.02. The van der Waals surface area contributed by atoms with Crippen LogP contribution in [0.4, 0.5) is 0 Å². The van der Waals surface area contributed by atoms with Crippen molar-refractivity contribution in [1.82, 2.24) is 10.6 Å². The van der Waals surface area contributed by atoms with Gasteiger partial charge in [-0.05, 0) is 41.4 Å². The average molecular weight is 307 g/mol. The van der Waals surface area contributed by atoms with Crippen LogP contribution in [0.15, 0.2) is 18.2 Å². The monoisotopic (exact) mass is 306 g/mol. The molecule has 4 heteroatoms. The Morgan fingerprint density at radius 3 is 2.62 bits per heavy atom. The van der Waals surface area contributed by atoms with E-state index in [9.17, 15) is 4.79 Å². The number of hydrogen-bond acceptors (Lipinski definition) is 2. The van der Waals surface area contributed by atoms with E-state index in [4.69, 9.17) is 0 Å². The fraction of sp³-hybridized carbons (Fsp3) is 0.588. The van der Waals surface area contributed by atoms with Gasteiger partial charge in [-0.25, -0.2) is 0 Å². The molecule has 1 aromatic carbocycles. The van der Waals surface area contributed by atoms with Gasteiger partial charge in [-0.15, -0.1) is 12.4 Å². The number of rotatable bonds is 3. The molecule has 0 radical (unpaired) electrons. The Morgan fingerprint density at radius 2 is 1.86 bits per heavy atom. The molecule has 0 aromatic heterocycles. The van der Waals surface area contributed by atoms with Crippen molar-refractivity contribution in [2.45, 2.75) is 45.3 Å². The predicted octanol–water partition coefficient (Wildman–Crippen LogP) is 2.76. The van der Waals surface area contributed by atoms with Crippen molar-refractivity contribution in [1.29, 1.82) is 0 Å². The van der Waals surface area contributed by atoms with Gasteiger partial charge in [-0.2, -0.15) is 0 Å². The predicted molar refractivity (Wildman–Crippen MR) is 85.0 cm³/mol. The van der Waals surface area contributed by atoms with E-state index < -0.39 is 0 Å². The van der Waals surface area contributed by atoms with Gasteiger partial charge < -0.3 is 10.6 Å². The van der Waals surface area contributed by atoms with Crippen molar-refractivity contribution >= 4 is 18.3 Å². The van der Waals surface area contributed by atoms with Crippen molar-refractivity contribution in [3.8, 4) is 0 Å². The molecule has 0 saturated heterocycles. The zero-order valence-corrected chi connectivity index (χ0v) is 13.0. The quantitative estimate of drug-likeness (QED) is 0.901. The molecule has 2 N–H and O–H groups in total. The summed E-state index contributed by atoms with van der Waals surface area (Å²) in [7, 11) is 0. The summed E-state index contributed by atoms with van der Waals surface area (Å²) in [5, 5.41) is 6.50. The number of amides is 1. The standard InChI is InChI=1S/C17H22N2O.ClH/c20-17(16-14-3-1-2-4-15(14)16)19-8-11-5-6-12-9-18-10-13(12)7-11;/h5-7,14-16,18H,1-4,8-10H2,(H,19,20);1H. The van der Waals surface area contributed by atoms with Gasteiger partial charge in [0, 0.05) is 25.6 Å². The lowest BCUT2D eigenvalue weighted by Gasteiger charge is -2.07. The highest BCUT2D eigenvalue weighted by Crippen LogP contribution is 2.55. The molecule has 2 aliphatic carbocycles. The van der Waals surface area contributed by atoms with Crippen LogP contribution in [-0.4, -0.2) is 5.91 Å². The Kier molecular flexibility index (Phi) is 4.23. The first kappa shape index (κ1) is 14.9. The number of carbonyl (C=O) groups excluding carboxylic acids is 1. The number of nitrogens with one attached hydrogen (secondary N) is 2. The third kappa shape index (κ3) is 2.82. The third-order valence-corrected chi connectivity index (χ3v) is 5.33. The summed E-state index contributed by atoms with van der Waals surface area (Å²) < 4.78 is 0. The highest BCUT2D eigenvalue weighted by molar-refractivity contribution is 5.85. The number of hydrogen-bond donors (Lipinski definition) is 2. The minimum Gasteiger partial charge on any atom is -0.352 e. The topological polar surface area (TPSA) is 41.1 Å². The maximum atomic E-state index is 12.3. The molecule has 0 bridgehead atoms. The second-order valence-electron chi connectivity index (χ2n) is 6.56. The summed E-state index contributed by atoms with van der Waals surface area (Å²) in [4.78, 5) is 12.3. The van der Waals surface area contributed by atoms with E-state index >= 15 is 0 Å². The van der Waals surface area contributed by atoms with E-state index in [1.165, 1.54) is 42.4 Å². The average Bonchev–Trinajstić information content (AvgIpc) is 3.03. The van der Waals surface area contributed by atoms with Gasteiger partial charge in [0.1, 0.15) is 0 Å². The number of benzene rings is 1. The zero-order chi connectivity index (χ0) is 13.5. The molecule has 3 nitrogen and oxygen atoms in total. The Balaban J connectivity index is 0.00000132. The lowest BCUT2D eigenvalue weighted by atomic mass is 10.0. The second-order valence-corrected chi connectivity index (χ2v) is 6.56. The van der Waals surface area contributed by atoms with E-state index in [0.717, 1.165) is 13.1 Å². The minimum atomic E-state index is 0. The van der Waals surface area contributed by atoms with Crippen LogP contribution in [0, 0.1) is 17.8 Å². The third-order valence-electron chi connectivity index (χ3n) is 5.33. The molecular weight excluding hydrogens is 284 g/mol. The van der Waals surface area contributed by atoms with Gasteiger partial charge in [0.05, 0.1) is 0 Å². The van der Waals surface area contributed by atoms with Crippen molar-refractivity contribution in [2.24, 2.45) is 17.8 Å². The summed E-state index contributed by atoms with van der Waals surface area (Å²) in [6, 6.07) is 6.56. The lowest BCUT2D eigenvalue weighted by Crippen LogP contribution is -2.25. The van der Waals surface area contributed by atoms with E-state index in [1.807, 2.05) is 0 Å². The van der Waals surface area contributed by atoms with Gasteiger partial charge in [-0.3, -0.25) is 4.79 Å². The molecular formula is C17H23ClN2O. The normalized spacial score (nSPS) is 29.0. The molecule has 3 aliphatic rings. The highest BCUT2D eigenvalue weighted by atomic mass is 35.5. The fourth-order valence-electron chi connectivity index (χ4n) is 4.15. The highest BCUT2D eigenvalue weighted by Gasteiger charge is 2.54. The minimum absolute atomic E-state index is 0. The number of halogens is 1. The van der Waals surface area contributed by atoms with Crippen LogP contribution in [0.3, 0.4) is 0 Å². The Labute approximate surface area is 132 Å². The Morgan fingerprint density at radius 1 is 1.14 bits per heavy atom. The Bertz CT molecular complexity index is 534. The SMILES string of the molecule is Cl.O=C(NCc1ccc2c(c1)CNC2)C1C2CCCCC21. The van der Waals surface area contributed by atoms with E-state index in [2.05, 4.69) is 28.8 Å². The first-order chi connectivity index (χ1) is 9.83.